The number of anilines is 1. The van der Waals surface area contributed by atoms with Crippen molar-refractivity contribution in [1.29, 1.82) is 5.26 Å². The van der Waals surface area contributed by atoms with E-state index in [0.717, 1.165) is 19.0 Å². The van der Waals surface area contributed by atoms with E-state index >= 15 is 0 Å². The first-order valence-corrected chi connectivity index (χ1v) is 17.4. The number of hydrogen-bond donors (Lipinski definition) is 2. The minimum Gasteiger partial charge on any atom is -0.496 e. The SMILES string of the molecule is COc1ccc(F)cc1C(=O)NCc1ccc(-c2nn(C(C)C(F)(F)F)c(N)c2C#N)c2c1cnn2COCC[Si](C)(C)C. The minimum atomic E-state index is -4.65. The van der Waals surface area contributed by atoms with Gasteiger partial charge in [0.05, 0.1) is 24.4 Å². The molecular weight excluding hydrogens is 598 g/mol. The summed E-state index contributed by atoms with van der Waals surface area (Å²) in [6.45, 7) is 8.03. The molecule has 0 aliphatic carbocycles. The standard InChI is InChI=1S/C29H33F4N7O3Si/c1-17(29(31,32)33)40-27(35)22(13-34)25(38-40)20-8-6-18(14-36-28(41)21-12-19(30)7-9-24(21)42-2)23-15-37-39(26(20)23)16-43-10-11-44(3,4)5/h6-9,12,15,17H,10-11,14,16,35H2,1-5H3,(H,36,41). The molecule has 0 spiro atoms. The zero-order chi connectivity index (χ0) is 32.4. The Bertz CT molecular complexity index is 1720. The molecule has 2 aromatic heterocycles. The normalized spacial score (nSPS) is 12.7. The lowest BCUT2D eigenvalue weighted by molar-refractivity contribution is -0.164. The Hall–Kier alpha value is -4.42. The van der Waals surface area contributed by atoms with Crippen molar-refractivity contribution in [3.8, 4) is 23.1 Å². The van der Waals surface area contributed by atoms with Gasteiger partial charge in [0.2, 0.25) is 0 Å². The van der Waals surface area contributed by atoms with Gasteiger partial charge in [0.15, 0.2) is 0 Å². The van der Waals surface area contributed by atoms with Crippen LogP contribution in [-0.4, -0.2) is 53.4 Å². The Kier molecular flexibility index (Phi) is 9.35. The highest BCUT2D eigenvalue weighted by atomic mass is 28.3. The van der Waals surface area contributed by atoms with E-state index in [1.54, 1.807) is 12.1 Å². The van der Waals surface area contributed by atoms with Crippen LogP contribution in [0, 0.1) is 17.1 Å². The number of alkyl halides is 3. The lowest BCUT2D eigenvalue weighted by Crippen LogP contribution is -2.25. The van der Waals surface area contributed by atoms with E-state index in [-0.39, 0.29) is 35.8 Å². The van der Waals surface area contributed by atoms with Gasteiger partial charge in [-0.15, -0.1) is 0 Å². The number of nitriles is 1. The Balaban J connectivity index is 1.77. The van der Waals surface area contributed by atoms with E-state index in [0.29, 0.717) is 33.3 Å². The number of ether oxygens (including phenoxy) is 2. The van der Waals surface area contributed by atoms with Gasteiger partial charge in [-0.1, -0.05) is 31.8 Å². The largest absolute Gasteiger partial charge is 0.496 e. The van der Waals surface area contributed by atoms with Crippen LogP contribution in [-0.2, 0) is 18.0 Å². The molecule has 3 N–H and O–H groups in total. The number of fused-ring (bicyclic) bond motifs is 1. The van der Waals surface area contributed by atoms with Gasteiger partial charge in [-0.25, -0.2) is 13.8 Å². The van der Waals surface area contributed by atoms with Crippen LogP contribution in [0.5, 0.6) is 5.75 Å². The lowest BCUT2D eigenvalue weighted by Gasteiger charge is -2.17. The smallest absolute Gasteiger partial charge is 0.410 e. The summed E-state index contributed by atoms with van der Waals surface area (Å²) in [5, 5.41) is 21.7. The third-order valence-corrected chi connectivity index (χ3v) is 8.81. The monoisotopic (exact) mass is 631 g/mol. The van der Waals surface area contributed by atoms with Crippen molar-refractivity contribution in [2.45, 2.75) is 58.1 Å². The van der Waals surface area contributed by atoms with Crippen molar-refractivity contribution in [2.24, 2.45) is 0 Å². The van der Waals surface area contributed by atoms with Gasteiger partial charge in [-0.2, -0.15) is 28.6 Å². The number of carbonyl (C=O) groups excluding carboxylic acids is 1. The fraction of sp³-hybridized carbons (Fsp3) is 0.379. The van der Waals surface area contributed by atoms with Crippen LogP contribution in [0.15, 0.2) is 36.5 Å². The second-order valence-corrected chi connectivity index (χ2v) is 17.1. The van der Waals surface area contributed by atoms with Gasteiger partial charge in [0.25, 0.3) is 5.91 Å². The van der Waals surface area contributed by atoms with Crippen molar-refractivity contribution in [3.63, 3.8) is 0 Å². The highest BCUT2D eigenvalue weighted by Crippen LogP contribution is 2.38. The molecule has 10 nitrogen and oxygen atoms in total. The minimum absolute atomic E-state index is 0.00493. The van der Waals surface area contributed by atoms with Gasteiger partial charge in [0.1, 0.15) is 47.5 Å². The first kappa shape index (κ1) is 32.5. The van der Waals surface area contributed by atoms with E-state index in [1.165, 1.54) is 30.1 Å². The molecule has 4 aromatic rings. The third kappa shape index (κ3) is 6.86. The molecule has 2 aromatic carbocycles. The summed E-state index contributed by atoms with van der Waals surface area (Å²) in [6.07, 6.45) is -3.12. The van der Waals surface area contributed by atoms with Crippen molar-refractivity contribution in [1.82, 2.24) is 24.9 Å². The summed E-state index contributed by atoms with van der Waals surface area (Å²) in [7, 11) is -0.0231. The molecule has 0 fully saturated rings. The number of benzene rings is 2. The van der Waals surface area contributed by atoms with Crippen molar-refractivity contribution < 1.29 is 31.8 Å². The van der Waals surface area contributed by atoms with E-state index in [2.05, 4.69) is 35.2 Å². The molecule has 234 valence electrons. The number of methoxy groups -OCH3 is 1. The van der Waals surface area contributed by atoms with Crippen LogP contribution in [0.2, 0.25) is 25.7 Å². The number of nitrogens with one attached hydrogen (secondary N) is 1. The molecule has 0 aliphatic rings. The predicted molar refractivity (Wildman–Crippen MR) is 159 cm³/mol. The molecule has 1 atom stereocenters. The molecule has 0 aliphatic heterocycles. The Morgan fingerprint density at radius 1 is 1.23 bits per heavy atom. The number of rotatable bonds is 11. The van der Waals surface area contributed by atoms with Gasteiger partial charge in [0, 0.05) is 32.2 Å². The topological polar surface area (TPSA) is 133 Å². The molecule has 1 unspecified atom stereocenters. The second-order valence-electron chi connectivity index (χ2n) is 11.4. The Morgan fingerprint density at radius 2 is 1.95 bits per heavy atom. The number of nitrogens with two attached hydrogens (primary N) is 1. The number of nitrogen functional groups attached to an aromatic ring is 1. The van der Waals surface area contributed by atoms with Crippen LogP contribution >= 0.6 is 0 Å². The van der Waals surface area contributed by atoms with Crippen molar-refractivity contribution in [3.05, 3.63) is 59.0 Å². The molecule has 0 bridgehead atoms. The Labute approximate surface area is 252 Å². The number of hydrogen-bond acceptors (Lipinski definition) is 7. The highest BCUT2D eigenvalue weighted by Gasteiger charge is 2.40. The van der Waals surface area contributed by atoms with Crippen LogP contribution in [0.3, 0.4) is 0 Å². The van der Waals surface area contributed by atoms with Gasteiger partial charge in [-0.3, -0.25) is 4.79 Å². The second kappa shape index (κ2) is 12.7. The molecule has 0 saturated carbocycles. The number of aromatic nitrogens is 4. The molecule has 0 saturated heterocycles. The zero-order valence-electron chi connectivity index (χ0n) is 24.9. The lowest BCUT2D eigenvalue weighted by atomic mass is 10.0. The van der Waals surface area contributed by atoms with Crippen LogP contribution in [0.25, 0.3) is 22.2 Å². The maximum atomic E-state index is 13.9. The van der Waals surface area contributed by atoms with E-state index < -0.39 is 37.8 Å². The van der Waals surface area contributed by atoms with E-state index in [1.807, 2.05) is 6.07 Å². The number of nitrogens with zero attached hydrogens (tertiary/aromatic N) is 5. The molecule has 4 rings (SSSR count). The first-order chi connectivity index (χ1) is 20.7. The maximum absolute atomic E-state index is 13.9. The van der Waals surface area contributed by atoms with Crippen molar-refractivity contribution in [2.75, 3.05) is 19.5 Å². The molecule has 0 radical (unpaired) electrons. The quantitative estimate of drug-likeness (QED) is 0.120. The van der Waals surface area contributed by atoms with Gasteiger partial charge >= 0.3 is 6.18 Å². The van der Waals surface area contributed by atoms with Crippen LogP contribution in [0.4, 0.5) is 23.4 Å². The molecular formula is C29H33F4N7O3Si. The van der Waals surface area contributed by atoms with E-state index in [9.17, 15) is 27.6 Å². The zero-order valence-corrected chi connectivity index (χ0v) is 25.9. The molecule has 15 heteroatoms. The Morgan fingerprint density at radius 3 is 2.59 bits per heavy atom. The summed E-state index contributed by atoms with van der Waals surface area (Å²) >= 11 is 0. The number of carbonyl (C=O) groups is 1. The number of halogens is 4. The summed E-state index contributed by atoms with van der Waals surface area (Å²) in [4.78, 5) is 13.0. The van der Waals surface area contributed by atoms with Crippen LogP contribution in [0.1, 0.15) is 34.5 Å². The highest BCUT2D eigenvalue weighted by molar-refractivity contribution is 6.76. The van der Waals surface area contributed by atoms with Gasteiger partial charge < -0.3 is 20.5 Å². The fourth-order valence-corrected chi connectivity index (χ4v) is 5.29. The average Bonchev–Trinajstić information content (AvgIpc) is 3.53. The average molecular weight is 632 g/mol. The molecule has 1 amide bonds. The first-order valence-electron chi connectivity index (χ1n) is 13.7. The maximum Gasteiger partial charge on any atom is 0.410 e. The molecule has 44 heavy (non-hydrogen) atoms. The van der Waals surface area contributed by atoms with E-state index in [4.69, 9.17) is 15.2 Å². The van der Waals surface area contributed by atoms with Gasteiger partial charge in [-0.05, 0) is 36.7 Å². The third-order valence-electron chi connectivity index (χ3n) is 7.10. The summed E-state index contributed by atoms with van der Waals surface area (Å²) < 4.78 is 67.8. The predicted octanol–water partition coefficient (Wildman–Crippen LogP) is 5.87. The van der Waals surface area contributed by atoms with Crippen LogP contribution < -0.4 is 15.8 Å². The number of amides is 1. The summed E-state index contributed by atoms with van der Waals surface area (Å²) in [5.74, 6) is -1.42. The fourth-order valence-electron chi connectivity index (χ4n) is 4.54. The summed E-state index contributed by atoms with van der Waals surface area (Å²) in [5.41, 5.74) is 7.07. The van der Waals surface area contributed by atoms with Crippen molar-refractivity contribution >= 4 is 30.7 Å². The summed E-state index contributed by atoms with van der Waals surface area (Å²) in [6, 6.07) is 7.52. The molecule has 2 heterocycles.